The minimum atomic E-state index is -0.0133. The molecule has 2 fully saturated rings. The number of piperazine rings is 1. The highest BCUT2D eigenvalue weighted by Crippen LogP contribution is 2.34. The number of fused-ring (bicyclic) bond motifs is 2. The molecule has 204 valence electrons. The van der Waals surface area contributed by atoms with Crippen LogP contribution in [-0.2, 0) is 17.7 Å². The SMILES string of the molecule is C[C@@H]1CO[C@@H](COc2nc3c(c(N4CCNC(CC#N)C4)n2)CCN(c2cccc4ccccc24)C3)CN1C. The summed E-state index contributed by atoms with van der Waals surface area (Å²) >= 11 is 0. The zero-order valence-electron chi connectivity index (χ0n) is 22.8. The van der Waals surface area contributed by atoms with Crippen LogP contribution in [0, 0.1) is 11.3 Å². The first-order valence-electron chi connectivity index (χ1n) is 14.0. The van der Waals surface area contributed by atoms with Crippen LogP contribution in [0.1, 0.15) is 24.6 Å². The van der Waals surface area contributed by atoms with Gasteiger partial charge in [-0.2, -0.15) is 15.2 Å². The van der Waals surface area contributed by atoms with Crippen LogP contribution in [0.4, 0.5) is 11.5 Å². The normalized spacial score (nSPS) is 23.9. The van der Waals surface area contributed by atoms with Crippen molar-refractivity contribution in [3.63, 3.8) is 0 Å². The maximum atomic E-state index is 9.28. The zero-order valence-corrected chi connectivity index (χ0v) is 22.8. The van der Waals surface area contributed by atoms with Gasteiger partial charge in [-0.1, -0.05) is 36.4 Å². The van der Waals surface area contributed by atoms with Gasteiger partial charge in [0.1, 0.15) is 18.5 Å². The summed E-state index contributed by atoms with van der Waals surface area (Å²) in [6.45, 7) is 8.11. The summed E-state index contributed by atoms with van der Waals surface area (Å²) in [5.41, 5.74) is 3.43. The summed E-state index contributed by atoms with van der Waals surface area (Å²) in [5, 5.41) is 15.2. The number of likely N-dealkylation sites (N-methyl/N-ethyl adjacent to an activating group) is 1. The number of aromatic nitrogens is 2. The third-order valence-corrected chi connectivity index (χ3v) is 8.24. The van der Waals surface area contributed by atoms with Gasteiger partial charge in [0.05, 0.1) is 31.3 Å². The highest BCUT2D eigenvalue weighted by atomic mass is 16.5. The molecule has 0 spiro atoms. The summed E-state index contributed by atoms with van der Waals surface area (Å²) in [4.78, 5) is 17.0. The number of nitrogens with one attached hydrogen (secondary N) is 1. The molecule has 4 heterocycles. The molecule has 9 nitrogen and oxygen atoms in total. The van der Waals surface area contributed by atoms with Crippen LogP contribution in [0.25, 0.3) is 10.8 Å². The lowest BCUT2D eigenvalue weighted by atomic mass is 10.0. The topological polar surface area (TPSA) is 89.8 Å². The van der Waals surface area contributed by atoms with Crippen molar-refractivity contribution in [3.05, 3.63) is 53.7 Å². The van der Waals surface area contributed by atoms with E-state index in [-0.39, 0.29) is 12.1 Å². The van der Waals surface area contributed by atoms with E-state index >= 15 is 0 Å². The summed E-state index contributed by atoms with van der Waals surface area (Å²) in [7, 11) is 2.12. The molecule has 0 radical (unpaired) electrons. The predicted octanol–water partition coefficient (Wildman–Crippen LogP) is 2.98. The van der Waals surface area contributed by atoms with Gasteiger partial charge in [-0.15, -0.1) is 0 Å². The van der Waals surface area contributed by atoms with Crippen LogP contribution in [0.5, 0.6) is 6.01 Å². The lowest BCUT2D eigenvalue weighted by Crippen LogP contribution is -2.51. The number of morpholine rings is 1. The molecule has 1 unspecified atom stereocenters. The monoisotopic (exact) mass is 527 g/mol. The molecule has 1 N–H and O–H groups in total. The fourth-order valence-electron chi connectivity index (χ4n) is 5.89. The molecular formula is C30H37N7O2. The van der Waals surface area contributed by atoms with E-state index in [2.05, 4.69) is 82.5 Å². The molecular weight excluding hydrogens is 490 g/mol. The van der Waals surface area contributed by atoms with Gasteiger partial charge in [0.25, 0.3) is 0 Å². The number of anilines is 2. The first-order valence-corrected chi connectivity index (χ1v) is 14.0. The molecule has 0 saturated carbocycles. The molecule has 3 aromatic rings. The summed E-state index contributed by atoms with van der Waals surface area (Å²) < 4.78 is 12.2. The average molecular weight is 528 g/mol. The van der Waals surface area contributed by atoms with Crippen molar-refractivity contribution in [2.45, 2.75) is 44.5 Å². The minimum absolute atomic E-state index is 0.0133. The van der Waals surface area contributed by atoms with E-state index in [9.17, 15) is 5.26 Å². The number of rotatable bonds is 6. The second-order valence-corrected chi connectivity index (χ2v) is 10.9. The van der Waals surface area contributed by atoms with Crippen LogP contribution in [0.2, 0.25) is 0 Å². The van der Waals surface area contributed by atoms with E-state index in [0.29, 0.717) is 38.2 Å². The molecule has 2 aromatic carbocycles. The molecule has 3 atom stereocenters. The lowest BCUT2D eigenvalue weighted by molar-refractivity contribution is -0.0662. The molecule has 39 heavy (non-hydrogen) atoms. The van der Waals surface area contributed by atoms with Crippen molar-refractivity contribution in [3.8, 4) is 12.1 Å². The molecule has 0 amide bonds. The Labute approximate surface area is 230 Å². The Morgan fingerprint density at radius 2 is 1.97 bits per heavy atom. The molecule has 3 aliphatic rings. The Kier molecular flexibility index (Phi) is 7.51. The highest BCUT2D eigenvalue weighted by molar-refractivity contribution is 5.94. The number of benzene rings is 2. The average Bonchev–Trinajstić information content (AvgIpc) is 2.97. The second kappa shape index (κ2) is 11.3. The van der Waals surface area contributed by atoms with Gasteiger partial charge in [0.15, 0.2) is 0 Å². The third-order valence-electron chi connectivity index (χ3n) is 8.24. The van der Waals surface area contributed by atoms with Crippen LogP contribution < -0.4 is 19.9 Å². The summed E-state index contributed by atoms with van der Waals surface area (Å²) in [5.74, 6) is 0.951. The van der Waals surface area contributed by atoms with E-state index in [4.69, 9.17) is 19.4 Å². The van der Waals surface area contributed by atoms with E-state index in [1.165, 1.54) is 22.0 Å². The Morgan fingerprint density at radius 1 is 1.10 bits per heavy atom. The fourth-order valence-corrected chi connectivity index (χ4v) is 5.89. The van der Waals surface area contributed by atoms with Gasteiger partial charge >= 0.3 is 6.01 Å². The molecule has 1 aromatic heterocycles. The van der Waals surface area contributed by atoms with Crippen molar-refractivity contribution in [2.24, 2.45) is 0 Å². The fraction of sp³-hybridized carbons (Fsp3) is 0.500. The first kappa shape index (κ1) is 25.8. The Hall–Kier alpha value is -3.45. The van der Waals surface area contributed by atoms with Crippen molar-refractivity contribution >= 4 is 22.3 Å². The van der Waals surface area contributed by atoms with Gasteiger partial charge in [-0.25, -0.2) is 0 Å². The molecule has 0 aliphatic carbocycles. The number of hydrogen-bond acceptors (Lipinski definition) is 9. The van der Waals surface area contributed by atoms with Crippen molar-refractivity contribution < 1.29 is 9.47 Å². The lowest BCUT2D eigenvalue weighted by Gasteiger charge is -2.37. The van der Waals surface area contributed by atoms with Crippen LogP contribution in [0.15, 0.2) is 42.5 Å². The first-order chi connectivity index (χ1) is 19.1. The molecule has 2 saturated heterocycles. The minimum Gasteiger partial charge on any atom is -0.461 e. The van der Waals surface area contributed by atoms with Crippen LogP contribution in [0.3, 0.4) is 0 Å². The number of ether oxygens (including phenoxy) is 2. The summed E-state index contributed by atoms with van der Waals surface area (Å²) in [6.07, 6.45) is 1.32. The van der Waals surface area contributed by atoms with Crippen molar-refractivity contribution in [1.29, 1.82) is 5.26 Å². The van der Waals surface area contributed by atoms with Crippen LogP contribution >= 0.6 is 0 Å². The molecule has 0 bridgehead atoms. The summed E-state index contributed by atoms with van der Waals surface area (Å²) in [6, 6.07) is 18.3. The van der Waals surface area contributed by atoms with E-state index in [1.54, 1.807) is 0 Å². The number of hydrogen-bond donors (Lipinski definition) is 1. The van der Waals surface area contributed by atoms with Crippen LogP contribution in [-0.4, -0.2) is 86.0 Å². The van der Waals surface area contributed by atoms with Gasteiger partial charge < -0.3 is 24.6 Å². The van der Waals surface area contributed by atoms with E-state index in [1.807, 2.05) is 0 Å². The van der Waals surface area contributed by atoms with Crippen molar-refractivity contribution in [2.75, 3.05) is 62.8 Å². The van der Waals surface area contributed by atoms with Crippen molar-refractivity contribution in [1.82, 2.24) is 20.2 Å². The third kappa shape index (κ3) is 5.50. The van der Waals surface area contributed by atoms with E-state index in [0.717, 1.165) is 50.7 Å². The second-order valence-electron chi connectivity index (χ2n) is 10.9. The maximum Gasteiger partial charge on any atom is 0.318 e. The Morgan fingerprint density at radius 3 is 2.85 bits per heavy atom. The maximum absolute atomic E-state index is 9.28. The quantitative estimate of drug-likeness (QED) is 0.520. The Bertz CT molecular complexity index is 1350. The zero-order chi connectivity index (χ0) is 26.8. The van der Waals surface area contributed by atoms with Gasteiger partial charge in [0, 0.05) is 61.4 Å². The predicted molar refractivity (Wildman–Crippen MR) is 152 cm³/mol. The number of nitrogens with zero attached hydrogens (tertiary/aromatic N) is 6. The smallest absolute Gasteiger partial charge is 0.318 e. The highest BCUT2D eigenvalue weighted by Gasteiger charge is 2.30. The van der Waals surface area contributed by atoms with E-state index < -0.39 is 0 Å². The molecule has 6 rings (SSSR count). The van der Waals surface area contributed by atoms with Gasteiger partial charge in [-0.05, 0) is 31.8 Å². The Balaban J connectivity index is 1.29. The number of nitriles is 1. The largest absolute Gasteiger partial charge is 0.461 e. The van der Waals surface area contributed by atoms with Gasteiger partial charge in [0.2, 0.25) is 0 Å². The standard InChI is InChI=1S/C30H37N7O2/c1-21-19-38-24(17-35(21)2)20-39-30-33-27-18-36(28-9-5-7-22-6-3-4-8-25(22)28)14-11-26(27)29(34-30)37-15-13-32-23(16-37)10-12-31/h3-9,21,23-24,32H,10-11,13-20H2,1-2H3/t21-,23?,24-/m1/s1. The van der Waals surface area contributed by atoms with Gasteiger partial charge in [-0.3, -0.25) is 4.90 Å². The molecule has 9 heteroatoms. The molecule has 3 aliphatic heterocycles.